The van der Waals surface area contributed by atoms with Crippen LogP contribution in [0.3, 0.4) is 0 Å². The van der Waals surface area contributed by atoms with E-state index in [1.807, 2.05) is 13.8 Å². The van der Waals surface area contributed by atoms with Crippen molar-refractivity contribution in [1.82, 2.24) is 0 Å². The molecule has 2 aliphatic rings. The van der Waals surface area contributed by atoms with Crippen molar-refractivity contribution in [2.24, 2.45) is 5.92 Å². The molecule has 0 radical (unpaired) electrons. The molecule has 11 heteroatoms. The average molecular weight is 537 g/mol. The molecule has 0 aromatic carbocycles. The maximum atomic E-state index is 10.8. The van der Waals surface area contributed by atoms with Crippen molar-refractivity contribution in [1.29, 1.82) is 0 Å². The summed E-state index contributed by atoms with van der Waals surface area (Å²) in [5.74, 6) is -0.229. The maximum Gasteiger partial charge on any atom is 0.163 e. The fraction of sp³-hybridized carbons (Fsp3) is 0.920. The highest BCUT2D eigenvalue weighted by atomic mass is 28.3. The molecule has 1 saturated heterocycles. The summed E-state index contributed by atoms with van der Waals surface area (Å²) in [4.78, 5) is 0. The van der Waals surface area contributed by atoms with E-state index in [1.54, 1.807) is 20.3 Å². The summed E-state index contributed by atoms with van der Waals surface area (Å²) in [6.07, 6.45) is -0.583. The summed E-state index contributed by atoms with van der Waals surface area (Å²) >= 11 is 0. The molecule has 2 rings (SSSR count). The van der Waals surface area contributed by atoms with Gasteiger partial charge in [0.1, 0.15) is 44.4 Å². The third-order valence-electron chi connectivity index (χ3n) is 6.10. The molecule has 1 fully saturated rings. The van der Waals surface area contributed by atoms with Crippen molar-refractivity contribution >= 4 is 8.07 Å². The van der Waals surface area contributed by atoms with Crippen LogP contribution in [0.15, 0.2) is 11.8 Å². The fourth-order valence-corrected chi connectivity index (χ4v) is 4.79. The smallest absolute Gasteiger partial charge is 0.163 e. The Morgan fingerprint density at radius 3 is 2.36 bits per heavy atom. The SMILES string of the molecule is COCOCC[C@@H](C)[C@@H](OCOC)[C@H](OCOCC[Si](C)(C)C)C1=C[C@@H](O)[C@@H]([C@@H]2COC(C)(C)O2)O1. The Morgan fingerprint density at radius 1 is 1.06 bits per heavy atom. The molecule has 0 aliphatic carbocycles. The largest absolute Gasteiger partial charge is 0.486 e. The zero-order chi connectivity index (χ0) is 26.8. The highest BCUT2D eigenvalue weighted by Crippen LogP contribution is 2.34. The third-order valence-corrected chi connectivity index (χ3v) is 7.81. The Balaban J connectivity index is 2.12. The number of ether oxygens (including phenoxy) is 9. The first kappa shape index (κ1) is 31.6. The van der Waals surface area contributed by atoms with Gasteiger partial charge in [-0.05, 0) is 38.3 Å². The van der Waals surface area contributed by atoms with Gasteiger partial charge in [0.2, 0.25) is 0 Å². The summed E-state index contributed by atoms with van der Waals surface area (Å²) in [6, 6.07) is 1.03. The lowest BCUT2D eigenvalue weighted by atomic mass is 9.95. The molecule has 212 valence electrons. The summed E-state index contributed by atoms with van der Waals surface area (Å²) in [7, 11) is 1.94. The molecule has 36 heavy (non-hydrogen) atoms. The van der Waals surface area contributed by atoms with Crippen molar-refractivity contribution in [2.75, 3.05) is 54.4 Å². The molecule has 0 amide bonds. The second-order valence-electron chi connectivity index (χ2n) is 11.1. The molecular weight excluding hydrogens is 488 g/mol. The van der Waals surface area contributed by atoms with Crippen LogP contribution in [0.25, 0.3) is 0 Å². The predicted octanol–water partition coefficient (Wildman–Crippen LogP) is 3.11. The standard InChI is InChI=1S/C25H48O10Si/c1-18(9-10-29-15-27-4)22(31-16-28-5)24(32-17-30-11-12-36(6,7)8)20-13-19(26)23(34-20)21-14-33-25(2,3)35-21/h13,18-19,21-24,26H,9-12,14-17H2,1-8H3/t18-,19-,21+,22-,23+,24-/m1/s1. The van der Waals surface area contributed by atoms with Crippen molar-refractivity contribution in [3.63, 3.8) is 0 Å². The van der Waals surface area contributed by atoms with Crippen molar-refractivity contribution < 1.29 is 47.7 Å². The number of aliphatic hydroxyl groups excluding tert-OH is 1. The topological polar surface area (TPSA) is 103 Å². The molecule has 0 aromatic rings. The first-order chi connectivity index (χ1) is 17.0. The third kappa shape index (κ3) is 10.6. The number of hydrogen-bond donors (Lipinski definition) is 1. The minimum Gasteiger partial charge on any atom is -0.486 e. The number of aliphatic hydroxyl groups is 1. The van der Waals surface area contributed by atoms with Crippen LogP contribution in [0, 0.1) is 5.92 Å². The molecule has 0 unspecified atom stereocenters. The van der Waals surface area contributed by atoms with Crippen LogP contribution in [0.4, 0.5) is 0 Å². The van der Waals surface area contributed by atoms with Gasteiger partial charge in [0.05, 0.1) is 12.7 Å². The highest BCUT2D eigenvalue weighted by molar-refractivity contribution is 6.76. The van der Waals surface area contributed by atoms with E-state index in [-0.39, 0.29) is 26.3 Å². The number of hydrogen-bond acceptors (Lipinski definition) is 10. The van der Waals surface area contributed by atoms with E-state index in [9.17, 15) is 5.11 Å². The van der Waals surface area contributed by atoms with E-state index in [0.29, 0.717) is 32.0 Å². The van der Waals surface area contributed by atoms with Gasteiger partial charge in [-0.25, -0.2) is 0 Å². The lowest BCUT2D eigenvalue weighted by Gasteiger charge is -2.33. The highest BCUT2D eigenvalue weighted by Gasteiger charge is 2.46. The Hall–Kier alpha value is -0.603. The first-order valence-electron chi connectivity index (χ1n) is 12.7. The van der Waals surface area contributed by atoms with Crippen molar-refractivity contribution in [3.8, 4) is 0 Å². The molecule has 6 atom stereocenters. The van der Waals surface area contributed by atoms with E-state index in [0.717, 1.165) is 6.04 Å². The normalized spacial score (nSPS) is 26.5. The minimum atomic E-state index is -1.23. The molecule has 0 spiro atoms. The zero-order valence-corrected chi connectivity index (χ0v) is 24.3. The Kier molecular flexibility index (Phi) is 13.3. The van der Waals surface area contributed by atoms with Gasteiger partial charge in [-0.2, -0.15) is 0 Å². The van der Waals surface area contributed by atoms with Gasteiger partial charge in [-0.15, -0.1) is 0 Å². The van der Waals surface area contributed by atoms with Crippen LogP contribution in [0.1, 0.15) is 27.2 Å². The van der Waals surface area contributed by atoms with Gasteiger partial charge in [-0.3, -0.25) is 0 Å². The molecule has 0 saturated carbocycles. The lowest BCUT2D eigenvalue weighted by molar-refractivity contribution is -0.184. The molecule has 10 nitrogen and oxygen atoms in total. The van der Waals surface area contributed by atoms with E-state index >= 15 is 0 Å². The van der Waals surface area contributed by atoms with Crippen LogP contribution in [-0.4, -0.2) is 104 Å². The summed E-state index contributed by atoms with van der Waals surface area (Å²) in [5, 5.41) is 10.8. The second-order valence-corrected chi connectivity index (χ2v) is 16.7. The Labute approximate surface area is 217 Å². The van der Waals surface area contributed by atoms with Gasteiger partial charge < -0.3 is 47.7 Å². The summed E-state index contributed by atoms with van der Waals surface area (Å²) in [5.41, 5.74) is 0. The quantitative estimate of drug-likeness (QED) is 0.160. The Bertz CT molecular complexity index is 653. The number of rotatable bonds is 18. The van der Waals surface area contributed by atoms with Gasteiger partial charge in [0.15, 0.2) is 11.9 Å². The van der Waals surface area contributed by atoms with E-state index in [4.69, 9.17) is 42.6 Å². The van der Waals surface area contributed by atoms with Gasteiger partial charge >= 0.3 is 0 Å². The lowest BCUT2D eigenvalue weighted by Crippen LogP contribution is -2.42. The van der Waals surface area contributed by atoms with Crippen molar-refractivity contribution in [2.45, 2.75) is 89.2 Å². The van der Waals surface area contributed by atoms with E-state index in [2.05, 4.69) is 26.6 Å². The average Bonchev–Trinajstić information content (AvgIpc) is 3.35. The minimum absolute atomic E-state index is 0.00896. The fourth-order valence-electron chi connectivity index (χ4n) is 4.03. The summed E-state index contributed by atoms with van der Waals surface area (Å²) in [6.45, 7) is 14.5. The second kappa shape index (κ2) is 15.1. The van der Waals surface area contributed by atoms with Crippen LogP contribution in [0.2, 0.25) is 25.7 Å². The predicted molar refractivity (Wildman–Crippen MR) is 136 cm³/mol. The molecule has 0 bridgehead atoms. The summed E-state index contributed by atoms with van der Waals surface area (Å²) < 4.78 is 51.7. The van der Waals surface area contributed by atoms with Crippen LogP contribution < -0.4 is 0 Å². The number of methoxy groups -OCH3 is 2. The van der Waals surface area contributed by atoms with E-state index in [1.165, 1.54) is 0 Å². The molecule has 2 heterocycles. The van der Waals surface area contributed by atoms with Gasteiger partial charge in [-0.1, -0.05) is 26.6 Å². The van der Waals surface area contributed by atoms with Crippen LogP contribution in [0.5, 0.6) is 0 Å². The molecule has 2 aliphatic heterocycles. The van der Waals surface area contributed by atoms with Gasteiger partial charge in [0.25, 0.3) is 0 Å². The maximum absolute atomic E-state index is 10.8. The first-order valence-corrected chi connectivity index (χ1v) is 16.4. The van der Waals surface area contributed by atoms with Crippen LogP contribution in [-0.2, 0) is 42.6 Å². The molecule has 1 N–H and O–H groups in total. The molecular formula is C25H48O10Si. The zero-order valence-electron chi connectivity index (χ0n) is 23.3. The van der Waals surface area contributed by atoms with E-state index < -0.39 is 44.4 Å². The monoisotopic (exact) mass is 536 g/mol. The van der Waals surface area contributed by atoms with Crippen LogP contribution >= 0.6 is 0 Å². The Morgan fingerprint density at radius 2 is 1.75 bits per heavy atom. The molecule has 0 aromatic heterocycles. The van der Waals surface area contributed by atoms with Crippen molar-refractivity contribution in [3.05, 3.63) is 11.8 Å². The van der Waals surface area contributed by atoms with Gasteiger partial charge in [0, 0.05) is 35.5 Å².